The van der Waals surface area contributed by atoms with E-state index in [0.717, 1.165) is 33.4 Å². The van der Waals surface area contributed by atoms with Crippen LogP contribution in [0.1, 0.15) is 105 Å². The zero-order valence-corrected chi connectivity index (χ0v) is 40.0. The number of carbonyl (C=O) groups is 4. The van der Waals surface area contributed by atoms with E-state index in [1.807, 2.05) is 113 Å². The fraction of sp³-hybridized carbons (Fsp3) is 0.281. The molecule has 13 heteroatoms. The average Bonchev–Trinajstić information content (AvgIpc) is 3.33. The Hall–Kier alpha value is -7.93. The number of fused-ring (bicyclic) bond motifs is 1. The van der Waals surface area contributed by atoms with Gasteiger partial charge in [-0.05, 0) is 106 Å². The van der Waals surface area contributed by atoms with Gasteiger partial charge in [-0.1, -0.05) is 131 Å². The molecule has 7 aromatic rings. The molecule has 0 saturated heterocycles. The van der Waals surface area contributed by atoms with Gasteiger partial charge >= 0.3 is 11.9 Å². The van der Waals surface area contributed by atoms with Crippen molar-refractivity contribution < 1.29 is 29.4 Å². The second kappa shape index (κ2) is 22.5. The van der Waals surface area contributed by atoms with Gasteiger partial charge in [-0.15, -0.1) is 0 Å². The molecule has 70 heavy (non-hydrogen) atoms. The van der Waals surface area contributed by atoms with Crippen LogP contribution in [0.25, 0.3) is 33.2 Å². The number of carboxylic acids is 2. The van der Waals surface area contributed by atoms with E-state index in [-0.39, 0.29) is 35.8 Å². The lowest BCUT2D eigenvalue weighted by atomic mass is 9.92. The molecule has 2 aromatic heterocycles. The van der Waals surface area contributed by atoms with Crippen molar-refractivity contribution in [2.45, 2.75) is 90.9 Å². The smallest absolute Gasteiger partial charge is 0.305 e. The van der Waals surface area contributed by atoms with Gasteiger partial charge in [-0.2, -0.15) is 0 Å². The van der Waals surface area contributed by atoms with Gasteiger partial charge in [-0.3, -0.25) is 33.3 Å². The van der Waals surface area contributed by atoms with E-state index in [1.54, 1.807) is 60.8 Å². The highest BCUT2D eigenvalue weighted by Crippen LogP contribution is 2.31. The highest BCUT2D eigenvalue weighted by Gasteiger charge is 2.30. The number of para-hydroxylation sites is 1. The highest BCUT2D eigenvalue weighted by atomic mass is 16.4. The van der Waals surface area contributed by atoms with E-state index in [0.29, 0.717) is 40.4 Å². The van der Waals surface area contributed by atoms with Gasteiger partial charge < -0.3 is 25.4 Å². The lowest BCUT2D eigenvalue weighted by molar-refractivity contribution is -0.139. The number of aryl methyl sites for hydroxylation is 1. The Morgan fingerprint density at radius 1 is 0.571 bits per heavy atom. The molecule has 360 valence electrons. The number of aliphatic carboxylic acids is 2. The molecule has 5 aromatic carbocycles. The molecule has 2 amide bonds. The Morgan fingerprint density at radius 3 is 1.67 bits per heavy atom. The number of pyridine rings is 1. The van der Waals surface area contributed by atoms with Gasteiger partial charge in [0.05, 0.1) is 42.2 Å². The molecule has 7 rings (SSSR count). The van der Waals surface area contributed by atoms with Crippen LogP contribution in [-0.2, 0) is 25.6 Å². The number of nitrogens with zero attached hydrogens (tertiary/aromatic N) is 3. The van der Waals surface area contributed by atoms with Crippen molar-refractivity contribution in [3.8, 4) is 22.3 Å². The van der Waals surface area contributed by atoms with Crippen molar-refractivity contribution in [2.24, 2.45) is 11.8 Å². The minimum Gasteiger partial charge on any atom is -0.481 e. The molecule has 0 aliphatic rings. The van der Waals surface area contributed by atoms with E-state index in [9.17, 15) is 39.0 Å². The van der Waals surface area contributed by atoms with Crippen LogP contribution in [0.4, 0.5) is 0 Å². The maximum absolute atomic E-state index is 14.5. The molecule has 0 aliphatic heterocycles. The van der Waals surface area contributed by atoms with E-state index in [2.05, 4.69) is 15.6 Å². The lowest BCUT2D eigenvalue weighted by Gasteiger charge is -2.25. The average molecular weight is 942 g/mol. The van der Waals surface area contributed by atoms with E-state index in [4.69, 9.17) is 0 Å². The van der Waals surface area contributed by atoms with Crippen LogP contribution in [0.3, 0.4) is 0 Å². The molecule has 0 aliphatic carbocycles. The zero-order valence-electron chi connectivity index (χ0n) is 40.0. The van der Waals surface area contributed by atoms with Crippen LogP contribution < -0.4 is 21.8 Å². The van der Waals surface area contributed by atoms with E-state index < -0.39 is 54.3 Å². The molecule has 0 spiro atoms. The third-order valence-corrected chi connectivity index (χ3v) is 12.5. The second-order valence-electron chi connectivity index (χ2n) is 18.7. The fourth-order valence-electron chi connectivity index (χ4n) is 9.12. The van der Waals surface area contributed by atoms with Crippen LogP contribution in [0, 0.1) is 18.8 Å². The van der Waals surface area contributed by atoms with Gasteiger partial charge in [0, 0.05) is 18.2 Å². The normalized spacial score (nSPS) is 13.1. The van der Waals surface area contributed by atoms with Crippen molar-refractivity contribution in [1.29, 1.82) is 0 Å². The summed E-state index contributed by atoms with van der Waals surface area (Å²) in [4.78, 5) is 85.8. The maximum Gasteiger partial charge on any atom is 0.305 e. The number of aromatic nitrogens is 3. The summed E-state index contributed by atoms with van der Waals surface area (Å²) in [6, 6.07) is 36.8. The Kier molecular flexibility index (Phi) is 16.0. The molecular weight excluding hydrogens is 883 g/mol. The predicted molar refractivity (Wildman–Crippen MR) is 271 cm³/mol. The SMILES string of the molecule is Cc1ccccc1-c1cccc([C@H](CC(=O)O)NC(=O)[C@H](CC(C)C)n2cccc(Cc3ccccc3-c3cccc([C@H](CC(=O)O)NC(=O)[C@H](CC(C)C)n4cnc5ccccc5c4=O)c3)c2=O)c1. The molecule has 2 heterocycles. The summed E-state index contributed by atoms with van der Waals surface area (Å²) in [6.45, 7) is 9.80. The maximum atomic E-state index is 14.5. The van der Waals surface area contributed by atoms with Gasteiger partial charge in [0.15, 0.2) is 0 Å². The van der Waals surface area contributed by atoms with Crippen molar-refractivity contribution >= 4 is 34.7 Å². The molecule has 0 saturated carbocycles. The minimum atomic E-state index is -1.13. The quantitative estimate of drug-likeness (QED) is 0.0577. The van der Waals surface area contributed by atoms with E-state index >= 15 is 0 Å². The first-order valence-corrected chi connectivity index (χ1v) is 23.6. The molecule has 0 radical (unpaired) electrons. The number of carboxylic acid groups (broad SMARTS) is 2. The summed E-state index contributed by atoms with van der Waals surface area (Å²) in [6.07, 6.45) is 2.96. The zero-order chi connectivity index (χ0) is 50.1. The van der Waals surface area contributed by atoms with E-state index in [1.165, 1.54) is 15.5 Å². The predicted octanol–water partition coefficient (Wildman–Crippen LogP) is 9.63. The fourth-order valence-corrected chi connectivity index (χ4v) is 9.12. The van der Waals surface area contributed by atoms with Crippen molar-refractivity contribution in [3.63, 3.8) is 0 Å². The Labute approximate surface area is 406 Å². The number of carbonyl (C=O) groups excluding carboxylic acids is 2. The van der Waals surface area contributed by atoms with Gasteiger partial charge in [0.25, 0.3) is 11.1 Å². The number of hydrogen-bond acceptors (Lipinski definition) is 7. The summed E-state index contributed by atoms with van der Waals surface area (Å²) in [5.41, 5.74) is 6.56. The lowest BCUT2D eigenvalue weighted by Crippen LogP contribution is -2.40. The molecule has 0 unspecified atom stereocenters. The van der Waals surface area contributed by atoms with Crippen LogP contribution in [0.15, 0.2) is 156 Å². The Balaban J connectivity index is 1.16. The first-order valence-electron chi connectivity index (χ1n) is 23.6. The highest BCUT2D eigenvalue weighted by molar-refractivity contribution is 5.84. The molecule has 4 atom stereocenters. The summed E-state index contributed by atoms with van der Waals surface area (Å²) < 4.78 is 2.75. The molecule has 0 fully saturated rings. The van der Waals surface area contributed by atoms with Crippen LogP contribution >= 0.6 is 0 Å². The summed E-state index contributed by atoms with van der Waals surface area (Å²) >= 11 is 0. The first-order chi connectivity index (χ1) is 33.6. The number of benzene rings is 5. The molecular formula is C57H59N5O8. The number of nitrogens with one attached hydrogen (secondary N) is 2. The van der Waals surface area contributed by atoms with Crippen LogP contribution in [0.5, 0.6) is 0 Å². The first kappa shape index (κ1) is 50.0. The third-order valence-electron chi connectivity index (χ3n) is 12.5. The minimum absolute atomic E-state index is 0.00366. The largest absolute Gasteiger partial charge is 0.481 e. The summed E-state index contributed by atoms with van der Waals surface area (Å²) in [5.74, 6) is -3.20. The second-order valence-corrected chi connectivity index (χ2v) is 18.7. The van der Waals surface area contributed by atoms with Gasteiger partial charge in [0.1, 0.15) is 12.1 Å². The van der Waals surface area contributed by atoms with Crippen molar-refractivity contribution in [2.75, 3.05) is 0 Å². The number of amides is 2. The van der Waals surface area contributed by atoms with Gasteiger partial charge in [-0.25, -0.2) is 4.98 Å². The van der Waals surface area contributed by atoms with Crippen molar-refractivity contribution in [3.05, 3.63) is 195 Å². The number of rotatable bonds is 20. The van der Waals surface area contributed by atoms with Crippen LogP contribution in [-0.4, -0.2) is 48.1 Å². The summed E-state index contributed by atoms with van der Waals surface area (Å²) in [5, 5.41) is 26.4. The van der Waals surface area contributed by atoms with Gasteiger partial charge in [0.2, 0.25) is 11.8 Å². The molecule has 13 nitrogen and oxygen atoms in total. The standard InChI is InChI=1S/C57H59N5O8/c1-35(2)27-50(54(67)59-48(32-52(63)64)41-19-12-17-38(29-41)44-22-8-6-15-37(44)5)61-26-14-21-43(56(61)69)31-39-16-7-9-23-45(39)40-18-13-20-42(30-40)49(33-53(65)66)60-55(68)51(28-36(3)4)62-34-58-47-25-11-10-24-46(47)57(62)70/h6-26,29-30,34-36,48-51H,27-28,31-33H2,1-5H3,(H,59,67)(H,60,68)(H,63,64)(H,65,66)/t48-,49-,50-,51-/m0/s1. The topological polar surface area (TPSA) is 190 Å². The third kappa shape index (κ3) is 12.0. The number of hydrogen-bond donors (Lipinski definition) is 4. The molecule has 4 N–H and O–H groups in total. The molecule has 0 bridgehead atoms. The van der Waals surface area contributed by atoms with Crippen LogP contribution in [0.2, 0.25) is 0 Å². The Morgan fingerprint density at radius 2 is 1.09 bits per heavy atom. The monoisotopic (exact) mass is 941 g/mol. The summed E-state index contributed by atoms with van der Waals surface area (Å²) in [7, 11) is 0. The Bertz CT molecular complexity index is 3160. The van der Waals surface area contributed by atoms with Crippen molar-refractivity contribution in [1.82, 2.24) is 24.8 Å².